The summed E-state index contributed by atoms with van der Waals surface area (Å²) in [5.74, 6) is -1.66. The van der Waals surface area contributed by atoms with Crippen LogP contribution in [0, 0.1) is 5.92 Å². The van der Waals surface area contributed by atoms with Gasteiger partial charge in [-0.1, -0.05) is 44.2 Å². The number of carboxylic acid groups (broad SMARTS) is 1. The summed E-state index contributed by atoms with van der Waals surface area (Å²) in [6.07, 6.45) is 1.50. The zero-order valence-corrected chi connectivity index (χ0v) is 17.4. The lowest BCUT2D eigenvalue weighted by Gasteiger charge is -2.24. The standard InChI is InChI=1S/C19H32N3O5P/c1-14(2)12-17(19(24)25)21-18(23)16(13-15-8-4-3-5-9-15)22-28(26,27)11-7-6-10-20/h3-5,8-9,14,16-17H,6-7,10-13,20H2,1-2H3,(H,21,23)(H,24,25)(H2,22,26,27)/t16-,17-/m0/s1. The molecule has 3 atom stereocenters. The van der Waals surface area contributed by atoms with Gasteiger partial charge < -0.3 is 21.1 Å². The van der Waals surface area contributed by atoms with Crippen LogP contribution in [0.4, 0.5) is 0 Å². The van der Waals surface area contributed by atoms with Crippen LogP contribution < -0.4 is 16.1 Å². The van der Waals surface area contributed by atoms with Gasteiger partial charge in [-0.2, -0.15) is 0 Å². The minimum atomic E-state index is -3.78. The number of carbonyl (C=O) groups is 2. The lowest BCUT2D eigenvalue weighted by atomic mass is 10.0. The van der Waals surface area contributed by atoms with Crippen LogP contribution >= 0.6 is 7.52 Å². The highest BCUT2D eigenvalue weighted by Crippen LogP contribution is 2.37. The predicted octanol–water partition coefficient (Wildman–Crippen LogP) is 1.73. The number of amides is 1. The van der Waals surface area contributed by atoms with Gasteiger partial charge in [0.15, 0.2) is 0 Å². The van der Waals surface area contributed by atoms with E-state index < -0.39 is 31.5 Å². The molecule has 0 bridgehead atoms. The summed E-state index contributed by atoms with van der Waals surface area (Å²) in [5, 5.41) is 14.4. The second-order valence-electron chi connectivity index (χ2n) is 7.32. The van der Waals surface area contributed by atoms with Crippen LogP contribution in [0.5, 0.6) is 0 Å². The van der Waals surface area contributed by atoms with E-state index in [-0.39, 0.29) is 24.9 Å². The van der Waals surface area contributed by atoms with Crippen molar-refractivity contribution < 1.29 is 24.2 Å². The van der Waals surface area contributed by atoms with Gasteiger partial charge >= 0.3 is 5.97 Å². The Bertz CT molecular complexity index is 669. The summed E-state index contributed by atoms with van der Waals surface area (Å²) in [4.78, 5) is 34.5. The molecule has 1 aromatic carbocycles. The molecule has 8 nitrogen and oxygen atoms in total. The molecule has 1 unspecified atom stereocenters. The zero-order chi connectivity index (χ0) is 21.2. The molecule has 9 heteroatoms. The minimum absolute atomic E-state index is 0.00285. The van der Waals surface area contributed by atoms with E-state index in [9.17, 15) is 24.2 Å². The van der Waals surface area contributed by atoms with E-state index in [4.69, 9.17) is 5.73 Å². The molecule has 0 aromatic heterocycles. The van der Waals surface area contributed by atoms with Gasteiger partial charge in [0, 0.05) is 6.16 Å². The molecular weight excluding hydrogens is 381 g/mol. The van der Waals surface area contributed by atoms with E-state index in [2.05, 4.69) is 10.4 Å². The van der Waals surface area contributed by atoms with Crippen molar-refractivity contribution in [2.45, 2.75) is 51.6 Å². The zero-order valence-electron chi connectivity index (χ0n) is 16.5. The third-order valence-electron chi connectivity index (χ3n) is 4.19. The first kappa shape index (κ1) is 24.3. The number of carbonyl (C=O) groups excluding carboxylic acids is 1. The smallest absolute Gasteiger partial charge is 0.326 e. The molecular formula is C19H32N3O5P. The molecule has 1 rings (SSSR count). The van der Waals surface area contributed by atoms with Crippen LogP contribution in [-0.2, 0) is 20.6 Å². The van der Waals surface area contributed by atoms with Gasteiger partial charge in [0.1, 0.15) is 6.04 Å². The summed E-state index contributed by atoms with van der Waals surface area (Å²) in [6.45, 7) is 4.14. The van der Waals surface area contributed by atoms with E-state index in [0.717, 1.165) is 5.56 Å². The fraction of sp³-hybridized carbons (Fsp3) is 0.579. The van der Waals surface area contributed by atoms with Crippen LogP contribution in [0.25, 0.3) is 0 Å². The minimum Gasteiger partial charge on any atom is -0.480 e. The number of nitrogens with one attached hydrogen (secondary N) is 2. The van der Waals surface area contributed by atoms with Crippen LogP contribution in [0.2, 0.25) is 0 Å². The van der Waals surface area contributed by atoms with Crippen molar-refractivity contribution >= 4 is 19.4 Å². The van der Waals surface area contributed by atoms with Gasteiger partial charge in [-0.05, 0) is 43.7 Å². The van der Waals surface area contributed by atoms with E-state index in [1.165, 1.54) is 0 Å². The predicted molar refractivity (Wildman–Crippen MR) is 109 cm³/mol. The van der Waals surface area contributed by atoms with Crippen molar-refractivity contribution in [3.8, 4) is 0 Å². The van der Waals surface area contributed by atoms with Crippen molar-refractivity contribution in [1.29, 1.82) is 0 Å². The number of hydrogen-bond donors (Lipinski definition) is 5. The maximum atomic E-state index is 12.8. The second-order valence-corrected chi connectivity index (χ2v) is 9.43. The first-order valence-corrected chi connectivity index (χ1v) is 11.4. The summed E-state index contributed by atoms with van der Waals surface area (Å²) in [7, 11) is -3.78. The van der Waals surface area contributed by atoms with Crippen LogP contribution in [0.3, 0.4) is 0 Å². The molecule has 0 radical (unpaired) electrons. The first-order chi connectivity index (χ1) is 13.1. The number of nitrogens with two attached hydrogens (primary N) is 1. The maximum absolute atomic E-state index is 12.8. The van der Waals surface area contributed by atoms with Crippen LogP contribution in [0.1, 0.15) is 38.7 Å². The van der Waals surface area contributed by atoms with Gasteiger partial charge in [0.05, 0.1) is 6.04 Å². The number of hydrogen-bond acceptors (Lipinski definition) is 4. The molecule has 0 saturated heterocycles. The normalized spacial score (nSPS) is 15.6. The first-order valence-electron chi connectivity index (χ1n) is 9.51. The van der Waals surface area contributed by atoms with Crippen molar-refractivity contribution in [2.75, 3.05) is 12.7 Å². The Hall–Kier alpha value is -1.73. The average Bonchev–Trinajstić information content (AvgIpc) is 2.61. The van der Waals surface area contributed by atoms with E-state index in [1.807, 2.05) is 44.2 Å². The van der Waals surface area contributed by atoms with Crippen molar-refractivity contribution in [3.05, 3.63) is 35.9 Å². The SMILES string of the molecule is CC(C)C[C@H](NC(=O)[C@H](Cc1ccccc1)NP(=O)(O)CCCCN)C(=O)O. The summed E-state index contributed by atoms with van der Waals surface area (Å²) in [6, 6.07) is 6.99. The topological polar surface area (TPSA) is 142 Å². The molecule has 0 heterocycles. The summed E-state index contributed by atoms with van der Waals surface area (Å²) >= 11 is 0. The molecule has 6 N–H and O–H groups in total. The fourth-order valence-corrected chi connectivity index (χ4v) is 4.27. The highest BCUT2D eigenvalue weighted by atomic mass is 31.2. The highest BCUT2D eigenvalue weighted by Gasteiger charge is 2.30. The lowest BCUT2D eigenvalue weighted by Crippen LogP contribution is -2.50. The van der Waals surface area contributed by atoms with Crippen molar-refractivity contribution in [3.63, 3.8) is 0 Å². The third kappa shape index (κ3) is 9.46. The molecule has 0 saturated carbocycles. The van der Waals surface area contributed by atoms with E-state index in [1.54, 1.807) is 0 Å². The monoisotopic (exact) mass is 413 g/mol. The Morgan fingerprint density at radius 2 is 1.79 bits per heavy atom. The molecule has 0 spiro atoms. The van der Waals surface area contributed by atoms with E-state index >= 15 is 0 Å². The number of benzene rings is 1. The van der Waals surface area contributed by atoms with Gasteiger partial charge in [-0.3, -0.25) is 9.36 Å². The summed E-state index contributed by atoms with van der Waals surface area (Å²) in [5.41, 5.74) is 6.22. The van der Waals surface area contributed by atoms with Crippen LogP contribution in [0.15, 0.2) is 30.3 Å². The molecule has 0 fully saturated rings. The quantitative estimate of drug-likeness (QED) is 0.245. The second kappa shape index (κ2) is 12.0. The Balaban J connectivity index is 2.93. The highest BCUT2D eigenvalue weighted by molar-refractivity contribution is 7.55. The Morgan fingerprint density at radius 1 is 1.14 bits per heavy atom. The molecule has 0 aliphatic rings. The molecule has 0 aliphatic heterocycles. The number of rotatable bonds is 13. The molecule has 158 valence electrons. The van der Waals surface area contributed by atoms with E-state index in [0.29, 0.717) is 19.4 Å². The number of carboxylic acids is 1. The van der Waals surface area contributed by atoms with Crippen LogP contribution in [-0.4, -0.2) is 46.7 Å². The molecule has 28 heavy (non-hydrogen) atoms. The molecule has 1 aromatic rings. The van der Waals surface area contributed by atoms with Gasteiger partial charge in [0.25, 0.3) is 7.52 Å². The third-order valence-corrected chi connectivity index (χ3v) is 5.83. The number of unbranched alkanes of at least 4 members (excludes halogenated alkanes) is 1. The maximum Gasteiger partial charge on any atom is 0.326 e. The largest absolute Gasteiger partial charge is 0.480 e. The van der Waals surface area contributed by atoms with Gasteiger partial charge in [-0.25, -0.2) is 9.88 Å². The Morgan fingerprint density at radius 3 is 2.32 bits per heavy atom. The van der Waals surface area contributed by atoms with Crippen molar-refractivity contribution in [2.24, 2.45) is 11.7 Å². The van der Waals surface area contributed by atoms with Gasteiger partial charge in [0.2, 0.25) is 5.91 Å². The van der Waals surface area contributed by atoms with Gasteiger partial charge in [-0.15, -0.1) is 0 Å². The summed E-state index contributed by atoms with van der Waals surface area (Å²) < 4.78 is 12.5. The molecule has 0 aliphatic carbocycles. The number of aliphatic carboxylic acids is 1. The molecule has 1 amide bonds. The average molecular weight is 413 g/mol. The lowest BCUT2D eigenvalue weighted by molar-refractivity contribution is -0.142. The Kier molecular flexibility index (Phi) is 10.4. The van der Waals surface area contributed by atoms with Crippen molar-refractivity contribution in [1.82, 2.24) is 10.4 Å². The Labute approximate surface area is 166 Å². The fourth-order valence-electron chi connectivity index (χ4n) is 2.79.